The summed E-state index contributed by atoms with van der Waals surface area (Å²) in [7, 11) is 0. The summed E-state index contributed by atoms with van der Waals surface area (Å²) >= 11 is 0. The monoisotopic (exact) mass is 250 g/mol. The highest BCUT2D eigenvalue weighted by molar-refractivity contribution is 5.84. The van der Waals surface area contributed by atoms with Gasteiger partial charge in [-0.25, -0.2) is 4.79 Å². The standard InChI is InChI=1S/C12H14N2O4/c1-10(9-14(16)17)7-8-18-12(15)13-11-5-3-2-4-6-11/h2-7H,8-9H2,1H3,(H,13,15). The minimum atomic E-state index is -0.591. The second kappa shape index (κ2) is 7.05. The van der Waals surface area contributed by atoms with Gasteiger partial charge in [0.15, 0.2) is 0 Å². The molecule has 1 aromatic rings. The predicted molar refractivity (Wildman–Crippen MR) is 67.0 cm³/mol. The third kappa shape index (κ3) is 5.64. The van der Waals surface area contributed by atoms with Crippen molar-refractivity contribution in [1.29, 1.82) is 0 Å². The van der Waals surface area contributed by atoms with Gasteiger partial charge in [-0.15, -0.1) is 0 Å². The first-order chi connectivity index (χ1) is 8.58. The van der Waals surface area contributed by atoms with Gasteiger partial charge in [0.1, 0.15) is 6.61 Å². The SMILES string of the molecule is CC(=CCOC(=O)Nc1ccccc1)C[N+](=O)[O-]. The van der Waals surface area contributed by atoms with Crippen LogP contribution in [0.1, 0.15) is 6.92 Å². The number of benzene rings is 1. The average molecular weight is 250 g/mol. The molecule has 1 N–H and O–H groups in total. The number of nitrogens with one attached hydrogen (secondary N) is 1. The maximum Gasteiger partial charge on any atom is 0.411 e. The molecule has 0 heterocycles. The third-order valence-electron chi connectivity index (χ3n) is 2.04. The minimum absolute atomic E-state index is 0.0122. The number of para-hydroxylation sites is 1. The Labute approximate surface area is 104 Å². The highest BCUT2D eigenvalue weighted by Gasteiger charge is 2.02. The smallest absolute Gasteiger partial charge is 0.411 e. The first kappa shape index (κ1) is 13.7. The third-order valence-corrected chi connectivity index (χ3v) is 2.04. The number of carbonyl (C=O) groups is 1. The summed E-state index contributed by atoms with van der Waals surface area (Å²) in [5.41, 5.74) is 1.18. The summed E-state index contributed by atoms with van der Waals surface area (Å²) in [5, 5.41) is 12.7. The van der Waals surface area contributed by atoms with Crippen LogP contribution in [-0.4, -0.2) is 24.2 Å². The zero-order chi connectivity index (χ0) is 13.4. The van der Waals surface area contributed by atoms with Crippen LogP contribution < -0.4 is 5.32 Å². The van der Waals surface area contributed by atoms with E-state index in [0.717, 1.165) is 0 Å². The molecule has 1 amide bonds. The van der Waals surface area contributed by atoms with Gasteiger partial charge in [-0.2, -0.15) is 0 Å². The van der Waals surface area contributed by atoms with Crippen molar-refractivity contribution >= 4 is 11.8 Å². The number of anilines is 1. The van der Waals surface area contributed by atoms with Crippen molar-refractivity contribution in [1.82, 2.24) is 0 Å². The maximum atomic E-state index is 11.3. The molecule has 0 atom stereocenters. The Morgan fingerprint density at radius 3 is 2.72 bits per heavy atom. The zero-order valence-corrected chi connectivity index (χ0v) is 9.96. The van der Waals surface area contributed by atoms with Gasteiger partial charge in [0.2, 0.25) is 6.54 Å². The Balaban J connectivity index is 2.32. The summed E-state index contributed by atoms with van der Waals surface area (Å²) in [6, 6.07) is 8.87. The summed E-state index contributed by atoms with van der Waals surface area (Å²) in [4.78, 5) is 21.1. The van der Waals surface area contributed by atoms with Crippen molar-refractivity contribution in [3.05, 3.63) is 52.1 Å². The molecule has 0 aliphatic carbocycles. The second-order valence-electron chi connectivity index (χ2n) is 3.63. The van der Waals surface area contributed by atoms with Crippen LogP contribution in [0, 0.1) is 10.1 Å². The molecular weight excluding hydrogens is 236 g/mol. The van der Waals surface area contributed by atoms with E-state index in [1.54, 1.807) is 31.2 Å². The highest BCUT2D eigenvalue weighted by atomic mass is 16.6. The number of carbonyl (C=O) groups excluding carboxylic acids is 1. The Hall–Kier alpha value is -2.37. The van der Waals surface area contributed by atoms with E-state index in [1.807, 2.05) is 6.07 Å². The Morgan fingerprint density at radius 2 is 2.11 bits per heavy atom. The topological polar surface area (TPSA) is 81.5 Å². The largest absolute Gasteiger partial charge is 0.445 e. The van der Waals surface area contributed by atoms with Crippen molar-refractivity contribution in [3.8, 4) is 0 Å². The van der Waals surface area contributed by atoms with E-state index in [4.69, 9.17) is 4.74 Å². The molecule has 18 heavy (non-hydrogen) atoms. The van der Waals surface area contributed by atoms with Gasteiger partial charge in [0.05, 0.1) is 0 Å². The number of ether oxygens (including phenoxy) is 1. The van der Waals surface area contributed by atoms with Crippen LogP contribution in [-0.2, 0) is 4.74 Å². The Bertz CT molecular complexity index is 443. The normalized spacial score (nSPS) is 10.8. The molecule has 0 saturated heterocycles. The van der Waals surface area contributed by atoms with E-state index in [2.05, 4.69) is 5.32 Å². The first-order valence-electron chi connectivity index (χ1n) is 5.34. The minimum Gasteiger partial charge on any atom is -0.445 e. The van der Waals surface area contributed by atoms with E-state index >= 15 is 0 Å². The molecule has 6 nitrogen and oxygen atoms in total. The molecule has 6 heteroatoms. The van der Waals surface area contributed by atoms with Gasteiger partial charge in [-0.3, -0.25) is 15.4 Å². The van der Waals surface area contributed by atoms with Crippen molar-refractivity contribution in [2.45, 2.75) is 6.92 Å². The Kier molecular flexibility index (Phi) is 5.37. The fraction of sp³-hybridized carbons (Fsp3) is 0.250. The lowest BCUT2D eigenvalue weighted by molar-refractivity contribution is -0.470. The summed E-state index contributed by atoms with van der Waals surface area (Å²) in [6.07, 6.45) is 0.916. The van der Waals surface area contributed by atoms with Crippen molar-refractivity contribution in [2.24, 2.45) is 0 Å². The van der Waals surface area contributed by atoms with E-state index in [0.29, 0.717) is 11.3 Å². The number of nitro groups is 1. The summed E-state index contributed by atoms with van der Waals surface area (Å²) < 4.78 is 4.85. The number of amides is 1. The lowest BCUT2D eigenvalue weighted by Gasteiger charge is -2.04. The van der Waals surface area contributed by atoms with Crippen LogP contribution >= 0.6 is 0 Å². The van der Waals surface area contributed by atoms with Crippen LogP contribution in [0.15, 0.2) is 42.0 Å². The second-order valence-corrected chi connectivity index (χ2v) is 3.63. The van der Waals surface area contributed by atoms with Gasteiger partial charge in [0.25, 0.3) is 0 Å². The van der Waals surface area contributed by atoms with Gasteiger partial charge >= 0.3 is 6.09 Å². The molecule has 0 bridgehead atoms. The molecule has 1 rings (SSSR count). The van der Waals surface area contributed by atoms with Crippen LogP contribution in [0.25, 0.3) is 0 Å². The fourth-order valence-corrected chi connectivity index (χ4v) is 1.20. The van der Waals surface area contributed by atoms with Gasteiger partial charge in [-0.05, 0) is 30.7 Å². The number of nitrogens with zero attached hydrogens (tertiary/aromatic N) is 1. The lowest BCUT2D eigenvalue weighted by Crippen LogP contribution is -2.14. The lowest BCUT2D eigenvalue weighted by atomic mass is 10.3. The molecule has 0 spiro atoms. The van der Waals surface area contributed by atoms with E-state index < -0.39 is 11.0 Å². The van der Waals surface area contributed by atoms with E-state index in [-0.39, 0.29) is 13.2 Å². The predicted octanol–water partition coefficient (Wildman–Crippen LogP) is 2.46. The molecule has 0 aromatic heterocycles. The Morgan fingerprint density at radius 1 is 1.44 bits per heavy atom. The number of hydrogen-bond donors (Lipinski definition) is 1. The zero-order valence-electron chi connectivity index (χ0n) is 9.96. The summed E-state index contributed by atoms with van der Waals surface area (Å²) in [6.45, 7) is 1.38. The molecule has 0 aliphatic rings. The van der Waals surface area contributed by atoms with Crippen molar-refractivity contribution in [2.75, 3.05) is 18.5 Å². The molecule has 0 saturated carbocycles. The molecule has 0 aliphatic heterocycles. The van der Waals surface area contributed by atoms with Crippen molar-refractivity contribution < 1.29 is 14.5 Å². The van der Waals surface area contributed by atoms with E-state index in [1.165, 1.54) is 6.08 Å². The summed E-state index contributed by atoms with van der Waals surface area (Å²) in [5.74, 6) is 0. The van der Waals surface area contributed by atoms with Crippen LogP contribution in [0.4, 0.5) is 10.5 Å². The fourth-order valence-electron chi connectivity index (χ4n) is 1.20. The maximum absolute atomic E-state index is 11.3. The van der Waals surface area contributed by atoms with Gasteiger partial charge < -0.3 is 4.74 Å². The molecule has 1 aromatic carbocycles. The molecule has 0 fully saturated rings. The quantitative estimate of drug-likeness (QED) is 0.494. The number of rotatable bonds is 5. The molecular formula is C12H14N2O4. The van der Waals surface area contributed by atoms with Crippen molar-refractivity contribution in [3.63, 3.8) is 0 Å². The van der Waals surface area contributed by atoms with Gasteiger partial charge in [0, 0.05) is 10.6 Å². The highest BCUT2D eigenvalue weighted by Crippen LogP contribution is 2.05. The molecule has 0 unspecified atom stereocenters. The van der Waals surface area contributed by atoms with Crippen LogP contribution in [0.5, 0.6) is 0 Å². The first-order valence-corrected chi connectivity index (χ1v) is 5.34. The molecule has 0 radical (unpaired) electrons. The van der Waals surface area contributed by atoms with Crippen LogP contribution in [0.3, 0.4) is 0 Å². The van der Waals surface area contributed by atoms with E-state index in [9.17, 15) is 14.9 Å². The molecule has 96 valence electrons. The average Bonchev–Trinajstić information content (AvgIpc) is 2.29. The number of hydrogen-bond acceptors (Lipinski definition) is 4. The van der Waals surface area contributed by atoms with Crippen LogP contribution in [0.2, 0.25) is 0 Å². The van der Waals surface area contributed by atoms with Gasteiger partial charge in [-0.1, -0.05) is 18.2 Å².